The average Bonchev–Trinajstić information content (AvgIpc) is 3.11. The van der Waals surface area contributed by atoms with Crippen molar-refractivity contribution in [1.82, 2.24) is 5.32 Å². The number of amidine groups is 1. The Morgan fingerprint density at radius 1 is 1.44 bits per heavy atom. The van der Waals surface area contributed by atoms with Gasteiger partial charge in [0.2, 0.25) is 0 Å². The van der Waals surface area contributed by atoms with Gasteiger partial charge in [-0.3, -0.25) is 0 Å². The molecule has 4 nitrogen and oxygen atoms in total. The van der Waals surface area contributed by atoms with Gasteiger partial charge in [-0.15, -0.1) is 0 Å². The van der Waals surface area contributed by atoms with Crippen molar-refractivity contribution in [1.29, 1.82) is 0 Å². The van der Waals surface area contributed by atoms with Crippen LogP contribution < -0.4 is 11.1 Å². The minimum Gasteiger partial charge on any atom is -0.409 e. The van der Waals surface area contributed by atoms with Crippen LogP contribution in [0.3, 0.4) is 0 Å². The van der Waals surface area contributed by atoms with Crippen molar-refractivity contribution in [2.24, 2.45) is 22.2 Å². The van der Waals surface area contributed by atoms with Crippen molar-refractivity contribution < 1.29 is 5.21 Å². The van der Waals surface area contributed by atoms with Crippen molar-refractivity contribution in [3.05, 3.63) is 0 Å². The second-order valence-corrected chi connectivity index (χ2v) is 6.36. The van der Waals surface area contributed by atoms with Crippen LogP contribution in [0.25, 0.3) is 0 Å². The van der Waals surface area contributed by atoms with E-state index >= 15 is 0 Å². The van der Waals surface area contributed by atoms with Crippen LogP contribution in [-0.2, 0) is 0 Å². The second-order valence-electron chi connectivity index (χ2n) is 6.36. The molecule has 0 aromatic rings. The molecule has 1 unspecified atom stereocenters. The van der Waals surface area contributed by atoms with Gasteiger partial charge >= 0.3 is 0 Å². The maximum absolute atomic E-state index is 8.69. The van der Waals surface area contributed by atoms with Gasteiger partial charge in [-0.05, 0) is 38.6 Å². The minimum atomic E-state index is -0.200. The molecule has 1 fully saturated rings. The summed E-state index contributed by atoms with van der Waals surface area (Å²) in [6.07, 6.45) is 7.40. The van der Waals surface area contributed by atoms with Gasteiger partial charge in [0, 0.05) is 11.5 Å². The number of oxime groups is 1. The van der Waals surface area contributed by atoms with Crippen molar-refractivity contribution in [3.8, 4) is 0 Å². The Bertz CT molecular complexity index is 272. The number of nitrogens with two attached hydrogens (primary N) is 1. The van der Waals surface area contributed by atoms with Gasteiger partial charge in [-0.25, -0.2) is 0 Å². The molecule has 1 saturated carbocycles. The lowest BCUT2D eigenvalue weighted by Crippen LogP contribution is -2.32. The molecule has 4 heteroatoms. The highest BCUT2D eigenvalue weighted by molar-refractivity contribution is 5.85. The lowest BCUT2D eigenvalue weighted by Gasteiger charge is -2.22. The topological polar surface area (TPSA) is 70.6 Å². The molecular formula is C14H29N3O. The molecule has 0 amide bonds. The molecule has 0 spiro atoms. The van der Waals surface area contributed by atoms with E-state index in [1.54, 1.807) is 0 Å². The lowest BCUT2D eigenvalue weighted by atomic mass is 9.86. The molecule has 0 aromatic heterocycles. The van der Waals surface area contributed by atoms with E-state index in [1.165, 1.54) is 19.3 Å². The monoisotopic (exact) mass is 255 g/mol. The Morgan fingerprint density at radius 2 is 2.11 bits per heavy atom. The Balaban J connectivity index is 2.03. The molecule has 1 aliphatic rings. The summed E-state index contributed by atoms with van der Waals surface area (Å²) in [5.41, 5.74) is 5.46. The van der Waals surface area contributed by atoms with Crippen molar-refractivity contribution in [2.75, 3.05) is 6.54 Å². The third-order valence-corrected chi connectivity index (χ3v) is 3.91. The Hall–Kier alpha value is -0.770. The van der Waals surface area contributed by atoms with Crippen LogP contribution in [0.4, 0.5) is 0 Å². The van der Waals surface area contributed by atoms with Crippen LogP contribution in [0.1, 0.15) is 59.3 Å². The zero-order chi connectivity index (χ0) is 13.6. The van der Waals surface area contributed by atoms with E-state index in [0.29, 0.717) is 11.9 Å². The molecule has 4 N–H and O–H groups in total. The van der Waals surface area contributed by atoms with Gasteiger partial charge in [-0.2, -0.15) is 0 Å². The highest BCUT2D eigenvalue weighted by Crippen LogP contribution is 2.33. The first-order valence-corrected chi connectivity index (χ1v) is 7.17. The third kappa shape index (κ3) is 5.71. The van der Waals surface area contributed by atoms with Crippen LogP contribution in [0.2, 0.25) is 0 Å². The zero-order valence-electron chi connectivity index (χ0n) is 12.1. The summed E-state index contributed by atoms with van der Waals surface area (Å²) in [5, 5.41) is 15.4. The second kappa shape index (κ2) is 6.98. The van der Waals surface area contributed by atoms with Crippen LogP contribution >= 0.6 is 0 Å². The van der Waals surface area contributed by atoms with Gasteiger partial charge < -0.3 is 16.3 Å². The molecule has 1 atom stereocenters. The minimum absolute atomic E-state index is 0.200. The van der Waals surface area contributed by atoms with Crippen molar-refractivity contribution >= 4 is 5.84 Å². The van der Waals surface area contributed by atoms with E-state index < -0.39 is 0 Å². The van der Waals surface area contributed by atoms with Gasteiger partial charge in [0.25, 0.3) is 0 Å². The largest absolute Gasteiger partial charge is 0.409 e. The highest BCUT2D eigenvalue weighted by Gasteiger charge is 2.24. The first-order chi connectivity index (χ1) is 8.45. The van der Waals surface area contributed by atoms with Gasteiger partial charge in [0.1, 0.15) is 5.84 Å². The fourth-order valence-corrected chi connectivity index (χ4v) is 2.24. The standard InChI is InChI=1S/C14H29N3O/c1-11(10-12-6-7-12)16-9-5-4-8-14(2,3)13(15)17-18/h11-12,16,18H,4-10H2,1-3H3,(H2,15,17). The van der Waals surface area contributed by atoms with Gasteiger partial charge in [-0.1, -0.05) is 38.3 Å². The van der Waals surface area contributed by atoms with Crippen LogP contribution in [0.5, 0.6) is 0 Å². The summed E-state index contributed by atoms with van der Waals surface area (Å²) in [7, 11) is 0. The predicted octanol–water partition coefficient (Wildman–Crippen LogP) is 2.71. The molecule has 0 radical (unpaired) electrons. The maximum Gasteiger partial charge on any atom is 0.144 e. The average molecular weight is 255 g/mol. The highest BCUT2D eigenvalue weighted by atomic mass is 16.4. The first-order valence-electron chi connectivity index (χ1n) is 7.17. The number of hydrogen-bond donors (Lipinski definition) is 3. The SMILES string of the molecule is CC(CC1CC1)NCCCCC(C)(C)C(N)=NO. The Morgan fingerprint density at radius 3 is 2.67 bits per heavy atom. The fraction of sp³-hybridized carbons (Fsp3) is 0.929. The van der Waals surface area contributed by atoms with Crippen LogP contribution in [0.15, 0.2) is 5.16 Å². The predicted molar refractivity (Wildman–Crippen MR) is 75.8 cm³/mol. The third-order valence-electron chi connectivity index (χ3n) is 3.91. The van der Waals surface area contributed by atoms with Gasteiger partial charge in [0.05, 0.1) is 0 Å². The molecule has 1 rings (SSSR count). The Kier molecular flexibility index (Phi) is 5.93. The zero-order valence-corrected chi connectivity index (χ0v) is 12.1. The molecule has 0 aliphatic heterocycles. The molecule has 0 saturated heterocycles. The summed E-state index contributed by atoms with van der Waals surface area (Å²) < 4.78 is 0. The number of unbranched alkanes of at least 4 members (excludes halogenated alkanes) is 1. The van der Waals surface area contributed by atoms with Crippen LogP contribution in [0, 0.1) is 11.3 Å². The summed E-state index contributed by atoms with van der Waals surface area (Å²) in [4.78, 5) is 0. The van der Waals surface area contributed by atoms with Crippen LogP contribution in [-0.4, -0.2) is 23.6 Å². The maximum atomic E-state index is 8.69. The van der Waals surface area contributed by atoms with Gasteiger partial charge in [0.15, 0.2) is 0 Å². The molecule has 0 aromatic carbocycles. The number of rotatable bonds is 9. The molecule has 0 bridgehead atoms. The molecular weight excluding hydrogens is 226 g/mol. The Labute approximate surface area is 111 Å². The molecule has 18 heavy (non-hydrogen) atoms. The lowest BCUT2D eigenvalue weighted by molar-refractivity contribution is 0.304. The van der Waals surface area contributed by atoms with Crippen molar-refractivity contribution in [2.45, 2.75) is 65.3 Å². The summed E-state index contributed by atoms with van der Waals surface area (Å²) >= 11 is 0. The summed E-state index contributed by atoms with van der Waals surface area (Å²) in [5.74, 6) is 1.32. The molecule has 1 aliphatic carbocycles. The van der Waals surface area contributed by atoms with E-state index in [9.17, 15) is 0 Å². The van der Waals surface area contributed by atoms with E-state index in [1.807, 2.05) is 13.8 Å². The summed E-state index contributed by atoms with van der Waals surface area (Å²) in [6.45, 7) is 7.38. The summed E-state index contributed by atoms with van der Waals surface area (Å²) in [6, 6.07) is 0.648. The van der Waals surface area contributed by atoms with E-state index in [-0.39, 0.29) is 5.41 Å². The smallest absolute Gasteiger partial charge is 0.144 e. The number of hydrogen-bond acceptors (Lipinski definition) is 3. The fourth-order valence-electron chi connectivity index (χ4n) is 2.24. The van der Waals surface area contributed by atoms with E-state index in [0.717, 1.165) is 31.7 Å². The van der Waals surface area contributed by atoms with E-state index in [2.05, 4.69) is 17.4 Å². The molecule has 106 valence electrons. The quantitative estimate of drug-likeness (QED) is 0.195. The van der Waals surface area contributed by atoms with E-state index in [4.69, 9.17) is 10.9 Å². The normalized spacial score (nSPS) is 18.9. The molecule has 0 heterocycles. The van der Waals surface area contributed by atoms with Crippen molar-refractivity contribution in [3.63, 3.8) is 0 Å². The number of nitrogens with one attached hydrogen (secondary N) is 1. The number of nitrogens with zero attached hydrogens (tertiary/aromatic N) is 1. The first kappa shape index (κ1) is 15.3.